The Hall–Kier alpha value is -2.37. The number of nitro benzene ring substituents is 1. The standard InChI is InChI=1S/C13H16N4O2/c1-9(2)16-8-11(7-14-16)15-12-6-4-5-10(3)13(12)17(18)19/h4-9,15H,1-3H3. The van der Waals surface area contributed by atoms with Crippen molar-refractivity contribution in [1.82, 2.24) is 9.78 Å². The van der Waals surface area contributed by atoms with Crippen molar-refractivity contribution in [2.45, 2.75) is 26.8 Å². The Bertz CT molecular complexity index is 604. The van der Waals surface area contributed by atoms with Gasteiger partial charge < -0.3 is 5.32 Å². The van der Waals surface area contributed by atoms with Crippen LogP contribution in [0, 0.1) is 17.0 Å². The Morgan fingerprint density at radius 3 is 2.74 bits per heavy atom. The van der Waals surface area contributed by atoms with Crippen LogP contribution >= 0.6 is 0 Å². The Balaban J connectivity index is 2.32. The minimum absolute atomic E-state index is 0.0970. The van der Waals surface area contributed by atoms with Crippen LogP contribution in [0.4, 0.5) is 17.1 Å². The summed E-state index contributed by atoms with van der Waals surface area (Å²) in [7, 11) is 0. The third-order valence-corrected chi connectivity index (χ3v) is 2.83. The number of benzene rings is 1. The molecule has 0 fully saturated rings. The van der Waals surface area contributed by atoms with E-state index in [1.165, 1.54) is 0 Å². The smallest absolute Gasteiger partial charge is 0.295 e. The molecule has 0 bridgehead atoms. The van der Waals surface area contributed by atoms with E-state index in [9.17, 15) is 10.1 Å². The van der Waals surface area contributed by atoms with Gasteiger partial charge in [0.25, 0.3) is 5.69 Å². The molecule has 0 aliphatic rings. The van der Waals surface area contributed by atoms with Crippen molar-refractivity contribution < 1.29 is 4.92 Å². The van der Waals surface area contributed by atoms with Gasteiger partial charge in [0.1, 0.15) is 5.69 Å². The molecular formula is C13H16N4O2. The molecule has 6 heteroatoms. The van der Waals surface area contributed by atoms with Crippen LogP contribution in [0.2, 0.25) is 0 Å². The minimum atomic E-state index is -0.371. The van der Waals surface area contributed by atoms with Gasteiger partial charge in [-0.2, -0.15) is 5.10 Å². The quantitative estimate of drug-likeness (QED) is 0.675. The highest BCUT2D eigenvalue weighted by atomic mass is 16.6. The zero-order valence-corrected chi connectivity index (χ0v) is 11.1. The van der Waals surface area contributed by atoms with Crippen molar-refractivity contribution in [2.75, 3.05) is 5.32 Å². The molecule has 0 aliphatic carbocycles. The topological polar surface area (TPSA) is 73.0 Å². The predicted molar refractivity (Wildman–Crippen MR) is 73.7 cm³/mol. The molecule has 1 heterocycles. The molecule has 0 saturated carbocycles. The molecule has 1 N–H and O–H groups in total. The lowest BCUT2D eigenvalue weighted by atomic mass is 10.1. The van der Waals surface area contributed by atoms with Crippen LogP contribution in [0.5, 0.6) is 0 Å². The molecule has 0 atom stereocenters. The number of anilines is 2. The summed E-state index contributed by atoms with van der Waals surface area (Å²) in [6.07, 6.45) is 3.49. The third kappa shape index (κ3) is 2.73. The van der Waals surface area contributed by atoms with E-state index in [-0.39, 0.29) is 16.7 Å². The van der Waals surface area contributed by atoms with Gasteiger partial charge in [-0.3, -0.25) is 14.8 Å². The van der Waals surface area contributed by atoms with Gasteiger partial charge in [-0.1, -0.05) is 12.1 Å². The monoisotopic (exact) mass is 260 g/mol. The Kier molecular flexibility index (Phi) is 3.50. The number of rotatable bonds is 4. The van der Waals surface area contributed by atoms with Crippen LogP contribution < -0.4 is 5.32 Å². The van der Waals surface area contributed by atoms with Crippen molar-refractivity contribution in [3.63, 3.8) is 0 Å². The maximum absolute atomic E-state index is 11.1. The molecule has 6 nitrogen and oxygen atoms in total. The van der Waals surface area contributed by atoms with E-state index in [1.807, 2.05) is 20.0 Å². The van der Waals surface area contributed by atoms with Crippen LogP contribution in [0.3, 0.4) is 0 Å². The van der Waals surface area contributed by atoms with Gasteiger partial charge in [0.2, 0.25) is 0 Å². The van der Waals surface area contributed by atoms with Gasteiger partial charge in [0.15, 0.2) is 0 Å². The number of para-hydroxylation sites is 1. The largest absolute Gasteiger partial charge is 0.347 e. The lowest BCUT2D eigenvalue weighted by Gasteiger charge is -2.07. The predicted octanol–water partition coefficient (Wildman–Crippen LogP) is 3.42. The molecule has 0 aliphatic heterocycles. The molecule has 1 aromatic carbocycles. The van der Waals surface area contributed by atoms with Crippen molar-refractivity contribution in [3.8, 4) is 0 Å². The van der Waals surface area contributed by atoms with Gasteiger partial charge in [-0.25, -0.2) is 0 Å². The molecule has 0 spiro atoms. The van der Waals surface area contributed by atoms with Crippen LogP contribution in [-0.4, -0.2) is 14.7 Å². The average molecular weight is 260 g/mol. The summed E-state index contributed by atoms with van der Waals surface area (Å²) in [5.41, 5.74) is 1.95. The first-order valence-electron chi connectivity index (χ1n) is 6.04. The highest BCUT2D eigenvalue weighted by molar-refractivity contribution is 5.71. The van der Waals surface area contributed by atoms with Gasteiger partial charge >= 0.3 is 0 Å². The summed E-state index contributed by atoms with van der Waals surface area (Å²) < 4.78 is 1.80. The molecular weight excluding hydrogens is 244 g/mol. The maximum atomic E-state index is 11.1. The number of nitrogens with one attached hydrogen (secondary N) is 1. The molecule has 100 valence electrons. The van der Waals surface area contributed by atoms with Crippen LogP contribution in [0.15, 0.2) is 30.6 Å². The molecule has 1 aromatic heterocycles. The van der Waals surface area contributed by atoms with E-state index in [1.54, 1.807) is 36.0 Å². The molecule has 0 unspecified atom stereocenters. The number of aromatic nitrogens is 2. The van der Waals surface area contributed by atoms with E-state index in [2.05, 4.69) is 10.4 Å². The summed E-state index contributed by atoms with van der Waals surface area (Å²) in [6, 6.07) is 5.46. The summed E-state index contributed by atoms with van der Waals surface area (Å²) in [6.45, 7) is 5.76. The molecule has 0 saturated heterocycles. The summed E-state index contributed by atoms with van der Waals surface area (Å²) in [5.74, 6) is 0. The van der Waals surface area contributed by atoms with E-state index < -0.39 is 0 Å². The minimum Gasteiger partial charge on any atom is -0.347 e. The second-order valence-electron chi connectivity index (χ2n) is 4.66. The first-order valence-corrected chi connectivity index (χ1v) is 6.04. The molecule has 0 radical (unpaired) electrons. The highest BCUT2D eigenvalue weighted by Crippen LogP contribution is 2.30. The Morgan fingerprint density at radius 2 is 2.16 bits per heavy atom. The second kappa shape index (κ2) is 5.09. The fraction of sp³-hybridized carbons (Fsp3) is 0.308. The van der Waals surface area contributed by atoms with Crippen molar-refractivity contribution in [1.29, 1.82) is 0 Å². The lowest BCUT2D eigenvalue weighted by Crippen LogP contribution is -2.00. The van der Waals surface area contributed by atoms with Crippen molar-refractivity contribution in [2.24, 2.45) is 0 Å². The summed E-state index contributed by atoms with van der Waals surface area (Å²) in [4.78, 5) is 10.7. The van der Waals surface area contributed by atoms with Crippen LogP contribution in [0.1, 0.15) is 25.5 Å². The zero-order valence-electron chi connectivity index (χ0n) is 11.1. The maximum Gasteiger partial charge on any atom is 0.295 e. The van der Waals surface area contributed by atoms with Gasteiger partial charge in [0, 0.05) is 17.8 Å². The normalized spacial score (nSPS) is 10.7. The molecule has 2 rings (SSSR count). The van der Waals surface area contributed by atoms with E-state index in [0.29, 0.717) is 11.3 Å². The molecule has 0 amide bonds. The van der Waals surface area contributed by atoms with Crippen molar-refractivity contribution >= 4 is 17.1 Å². The van der Waals surface area contributed by atoms with Gasteiger partial charge in [-0.05, 0) is 26.8 Å². The SMILES string of the molecule is Cc1cccc(Nc2cnn(C(C)C)c2)c1[N+](=O)[O-]. The fourth-order valence-electron chi connectivity index (χ4n) is 1.84. The fourth-order valence-corrected chi connectivity index (χ4v) is 1.84. The first kappa shape index (κ1) is 13.1. The molecule has 2 aromatic rings. The van der Waals surface area contributed by atoms with E-state index >= 15 is 0 Å². The first-order chi connectivity index (χ1) is 8.99. The van der Waals surface area contributed by atoms with Crippen LogP contribution in [0.25, 0.3) is 0 Å². The zero-order chi connectivity index (χ0) is 14.0. The van der Waals surface area contributed by atoms with E-state index in [4.69, 9.17) is 0 Å². The number of nitro groups is 1. The van der Waals surface area contributed by atoms with Gasteiger partial charge in [0.05, 0.1) is 16.8 Å². The van der Waals surface area contributed by atoms with E-state index in [0.717, 1.165) is 5.69 Å². The average Bonchev–Trinajstić information content (AvgIpc) is 2.77. The van der Waals surface area contributed by atoms with Crippen molar-refractivity contribution in [3.05, 3.63) is 46.3 Å². The van der Waals surface area contributed by atoms with Crippen LogP contribution in [-0.2, 0) is 0 Å². The van der Waals surface area contributed by atoms with Gasteiger partial charge in [-0.15, -0.1) is 0 Å². The lowest BCUT2D eigenvalue weighted by molar-refractivity contribution is -0.384. The summed E-state index contributed by atoms with van der Waals surface area (Å²) in [5, 5.41) is 18.3. The number of hydrogen-bond acceptors (Lipinski definition) is 4. The number of aryl methyl sites for hydroxylation is 1. The Morgan fingerprint density at radius 1 is 1.42 bits per heavy atom. The number of nitrogens with zero attached hydrogens (tertiary/aromatic N) is 3. The molecule has 19 heavy (non-hydrogen) atoms. The third-order valence-electron chi connectivity index (χ3n) is 2.83. The second-order valence-corrected chi connectivity index (χ2v) is 4.66. The Labute approximate surface area is 111 Å². The number of hydrogen-bond donors (Lipinski definition) is 1. The highest BCUT2D eigenvalue weighted by Gasteiger charge is 2.17. The summed E-state index contributed by atoms with van der Waals surface area (Å²) >= 11 is 0.